The second kappa shape index (κ2) is 12.2. The van der Waals surface area contributed by atoms with Gasteiger partial charge in [0.15, 0.2) is 8.32 Å². The Morgan fingerprint density at radius 2 is 1.50 bits per heavy atom. The van der Waals surface area contributed by atoms with Crippen LogP contribution in [0.2, 0.25) is 18.1 Å². The largest absolute Gasteiger partial charge is 0.414 e. The molecule has 2 aromatic rings. The van der Waals surface area contributed by atoms with Crippen molar-refractivity contribution in [3.8, 4) is 0 Å². The molecule has 0 saturated carbocycles. The van der Waals surface area contributed by atoms with Gasteiger partial charge in [-0.15, -0.1) is 0 Å². The molecule has 6 heteroatoms. The highest BCUT2D eigenvalue weighted by Gasteiger charge is 2.40. The molecular formula is C28H41NO4Si. The van der Waals surface area contributed by atoms with Crippen LogP contribution in [0.1, 0.15) is 31.9 Å². The van der Waals surface area contributed by atoms with Crippen LogP contribution in [0, 0.1) is 0 Å². The zero-order valence-corrected chi connectivity index (χ0v) is 22.2. The topological polar surface area (TPSA) is 60.0 Å². The van der Waals surface area contributed by atoms with Crippen molar-refractivity contribution >= 4 is 8.32 Å². The van der Waals surface area contributed by atoms with Crippen LogP contribution < -0.4 is 5.32 Å². The van der Waals surface area contributed by atoms with Gasteiger partial charge in [0.25, 0.3) is 0 Å². The van der Waals surface area contributed by atoms with Crippen LogP contribution in [0.4, 0.5) is 0 Å². The van der Waals surface area contributed by atoms with Crippen LogP contribution in [-0.2, 0) is 27.1 Å². The number of benzene rings is 2. The molecule has 0 fully saturated rings. The second-order valence-corrected chi connectivity index (χ2v) is 15.3. The van der Waals surface area contributed by atoms with Crippen LogP contribution in [0.25, 0.3) is 0 Å². The van der Waals surface area contributed by atoms with Gasteiger partial charge in [-0.25, -0.2) is 0 Å². The van der Waals surface area contributed by atoms with Crippen molar-refractivity contribution in [2.45, 2.75) is 76.5 Å². The summed E-state index contributed by atoms with van der Waals surface area (Å²) in [6.07, 6.45) is 2.44. The highest BCUT2D eigenvalue weighted by atomic mass is 28.4. The molecule has 5 nitrogen and oxygen atoms in total. The van der Waals surface area contributed by atoms with Crippen molar-refractivity contribution < 1.29 is 19.0 Å². The maximum atomic E-state index is 11.4. The lowest BCUT2D eigenvalue weighted by molar-refractivity contribution is -0.144. The fraction of sp³-hybridized carbons (Fsp3) is 0.500. The lowest BCUT2D eigenvalue weighted by Crippen LogP contribution is -2.53. The Morgan fingerprint density at radius 1 is 0.941 bits per heavy atom. The molecule has 0 unspecified atom stereocenters. The minimum atomic E-state index is -2.02. The standard InChI is InChI=1S/C28H41NO4Si/c1-28(2,3)34(4,5)33-21-25(30)27(32-20-23-15-10-7-11-16-23)26(24-17-12-18-29-24)31-19-22-13-8-6-9-14-22/h6-17,24-27,29-30H,18-21H2,1-5H3/t24-,25+,26-,27-/m1/s1. The van der Waals surface area contributed by atoms with Crippen LogP contribution in [0.5, 0.6) is 0 Å². The van der Waals surface area contributed by atoms with E-state index in [0.29, 0.717) is 13.2 Å². The van der Waals surface area contributed by atoms with Crippen molar-refractivity contribution in [2.24, 2.45) is 0 Å². The first-order chi connectivity index (χ1) is 16.2. The third-order valence-corrected chi connectivity index (χ3v) is 11.4. The van der Waals surface area contributed by atoms with Crippen LogP contribution >= 0.6 is 0 Å². The Kier molecular flexibility index (Phi) is 9.65. The Bertz CT molecular complexity index is 882. The normalized spacial score (nSPS) is 19.2. The first kappa shape index (κ1) is 26.8. The van der Waals surface area contributed by atoms with Gasteiger partial charge in [0.05, 0.1) is 25.9 Å². The third kappa shape index (κ3) is 7.60. The van der Waals surface area contributed by atoms with Gasteiger partial charge in [-0.2, -0.15) is 0 Å². The van der Waals surface area contributed by atoms with Crippen molar-refractivity contribution in [1.29, 1.82) is 0 Å². The van der Waals surface area contributed by atoms with E-state index >= 15 is 0 Å². The zero-order valence-electron chi connectivity index (χ0n) is 21.2. The molecule has 1 heterocycles. The molecule has 0 amide bonds. The van der Waals surface area contributed by atoms with Crippen molar-refractivity contribution in [3.63, 3.8) is 0 Å². The monoisotopic (exact) mass is 483 g/mol. The molecular weight excluding hydrogens is 442 g/mol. The van der Waals surface area contributed by atoms with Gasteiger partial charge < -0.3 is 24.3 Å². The predicted molar refractivity (Wildman–Crippen MR) is 140 cm³/mol. The molecule has 2 aromatic carbocycles. The Balaban J connectivity index is 1.79. The maximum absolute atomic E-state index is 11.4. The fourth-order valence-electron chi connectivity index (χ4n) is 3.68. The molecule has 4 atom stereocenters. The van der Waals surface area contributed by atoms with Crippen molar-refractivity contribution in [1.82, 2.24) is 5.32 Å². The zero-order chi connectivity index (χ0) is 24.6. The number of ether oxygens (including phenoxy) is 2. The first-order valence-corrected chi connectivity index (χ1v) is 15.1. The average Bonchev–Trinajstić information content (AvgIpc) is 3.35. The number of rotatable bonds is 12. The van der Waals surface area contributed by atoms with Crippen molar-refractivity contribution in [2.75, 3.05) is 13.2 Å². The number of hydrogen-bond donors (Lipinski definition) is 2. The molecule has 34 heavy (non-hydrogen) atoms. The van der Waals surface area contributed by atoms with Gasteiger partial charge >= 0.3 is 0 Å². The predicted octanol–water partition coefficient (Wildman–Crippen LogP) is 5.07. The summed E-state index contributed by atoms with van der Waals surface area (Å²) < 4.78 is 19.2. The Hall–Kier alpha value is -1.80. The van der Waals surface area contributed by atoms with Crippen LogP contribution in [0.15, 0.2) is 72.8 Å². The van der Waals surface area contributed by atoms with E-state index in [-0.39, 0.29) is 23.8 Å². The average molecular weight is 484 g/mol. The second-order valence-electron chi connectivity index (χ2n) is 10.5. The molecule has 0 aliphatic carbocycles. The molecule has 0 bridgehead atoms. The van der Waals surface area contributed by atoms with Crippen molar-refractivity contribution in [3.05, 3.63) is 83.9 Å². The van der Waals surface area contributed by atoms with Gasteiger partial charge in [0, 0.05) is 6.54 Å². The van der Waals surface area contributed by atoms with Crippen LogP contribution in [0.3, 0.4) is 0 Å². The molecule has 1 aliphatic rings. The molecule has 2 N–H and O–H groups in total. The number of aliphatic hydroxyl groups excluding tert-OH is 1. The summed E-state index contributed by atoms with van der Waals surface area (Å²) in [6, 6.07) is 20.1. The molecule has 3 rings (SSSR count). The lowest BCUT2D eigenvalue weighted by Gasteiger charge is -2.39. The minimum absolute atomic E-state index is 0.0491. The smallest absolute Gasteiger partial charge is 0.192 e. The molecule has 0 spiro atoms. The maximum Gasteiger partial charge on any atom is 0.192 e. The molecule has 186 valence electrons. The summed E-state index contributed by atoms with van der Waals surface area (Å²) in [5, 5.41) is 14.9. The van der Waals surface area contributed by atoms with E-state index in [1.807, 2.05) is 60.7 Å². The number of hydrogen-bond acceptors (Lipinski definition) is 5. The summed E-state index contributed by atoms with van der Waals surface area (Å²) in [6.45, 7) is 12.8. The summed E-state index contributed by atoms with van der Waals surface area (Å²) in [5.74, 6) is 0. The number of aliphatic hydroxyl groups is 1. The van der Waals surface area contributed by atoms with Gasteiger partial charge in [0.2, 0.25) is 0 Å². The SMILES string of the molecule is CC(C)(C)[Si](C)(C)OC[C@H](O)[C@@H](OCc1ccccc1)[C@H](OCc1ccccc1)[C@H]1C=CCN1. The van der Waals surface area contributed by atoms with E-state index in [1.54, 1.807) is 0 Å². The van der Waals surface area contributed by atoms with E-state index in [9.17, 15) is 5.11 Å². The quantitative estimate of drug-likeness (QED) is 0.326. The van der Waals surface area contributed by atoms with E-state index in [1.165, 1.54) is 0 Å². The molecule has 0 aromatic heterocycles. The highest BCUT2D eigenvalue weighted by Crippen LogP contribution is 2.36. The van der Waals surface area contributed by atoms with Gasteiger partial charge in [-0.1, -0.05) is 93.6 Å². The molecule has 1 aliphatic heterocycles. The summed E-state index contributed by atoms with van der Waals surface area (Å²) >= 11 is 0. The Morgan fingerprint density at radius 3 is 2.00 bits per heavy atom. The lowest BCUT2D eigenvalue weighted by atomic mass is 10.0. The first-order valence-electron chi connectivity index (χ1n) is 12.2. The van der Waals surface area contributed by atoms with E-state index in [0.717, 1.165) is 17.7 Å². The van der Waals surface area contributed by atoms with E-state index < -0.39 is 20.5 Å². The van der Waals surface area contributed by atoms with E-state index in [2.05, 4.69) is 51.3 Å². The molecule has 0 saturated heterocycles. The van der Waals surface area contributed by atoms with Gasteiger partial charge in [0.1, 0.15) is 18.3 Å². The third-order valence-electron chi connectivity index (χ3n) is 6.86. The highest BCUT2D eigenvalue weighted by molar-refractivity contribution is 6.74. The molecule has 0 radical (unpaired) electrons. The van der Waals surface area contributed by atoms with Gasteiger partial charge in [-0.3, -0.25) is 0 Å². The fourth-order valence-corrected chi connectivity index (χ4v) is 4.70. The summed E-state index contributed by atoms with van der Waals surface area (Å²) in [5.41, 5.74) is 2.14. The number of nitrogens with one attached hydrogen (secondary N) is 1. The van der Waals surface area contributed by atoms with Gasteiger partial charge in [-0.05, 0) is 29.3 Å². The summed E-state index contributed by atoms with van der Waals surface area (Å²) in [7, 11) is -2.02. The van der Waals surface area contributed by atoms with E-state index in [4.69, 9.17) is 13.9 Å². The minimum Gasteiger partial charge on any atom is -0.414 e. The van der Waals surface area contributed by atoms with Crippen LogP contribution in [-0.4, -0.2) is 50.9 Å². The Labute approximate surface area is 206 Å². The summed E-state index contributed by atoms with van der Waals surface area (Å²) in [4.78, 5) is 0.